The molecule has 0 radical (unpaired) electrons. The summed E-state index contributed by atoms with van der Waals surface area (Å²) in [6.45, 7) is 11.6. The van der Waals surface area contributed by atoms with E-state index in [2.05, 4.69) is 22.0 Å². The normalized spacial score (nSPS) is 28.9. The monoisotopic (exact) mass is 299 g/mol. The Kier molecular flexibility index (Phi) is 7.96. The smallest absolute Gasteiger partial charge is 0.0829 e. The van der Waals surface area contributed by atoms with Gasteiger partial charge in [-0.05, 0) is 25.9 Å². The van der Waals surface area contributed by atoms with Gasteiger partial charge in [0, 0.05) is 45.9 Å². The first-order chi connectivity index (χ1) is 10.3. The number of morpholine rings is 1. The summed E-state index contributed by atoms with van der Waals surface area (Å²) >= 11 is 0. The van der Waals surface area contributed by atoms with Crippen LogP contribution in [0.1, 0.15) is 26.2 Å². The molecule has 2 unspecified atom stereocenters. The number of methoxy groups -OCH3 is 1. The zero-order chi connectivity index (χ0) is 14.9. The van der Waals surface area contributed by atoms with Crippen LogP contribution in [0.15, 0.2) is 0 Å². The molecule has 0 aliphatic carbocycles. The van der Waals surface area contributed by atoms with E-state index in [1.54, 1.807) is 7.11 Å². The lowest BCUT2D eigenvalue weighted by atomic mass is 10.0. The number of nitrogens with one attached hydrogen (secondary N) is 1. The van der Waals surface area contributed by atoms with Crippen molar-refractivity contribution in [2.24, 2.45) is 0 Å². The average Bonchev–Trinajstić information content (AvgIpc) is 2.53. The van der Waals surface area contributed by atoms with Gasteiger partial charge in [0.25, 0.3) is 0 Å². The van der Waals surface area contributed by atoms with Gasteiger partial charge in [-0.25, -0.2) is 0 Å². The van der Waals surface area contributed by atoms with Crippen LogP contribution in [0.2, 0.25) is 0 Å². The Morgan fingerprint density at radius 2 is 2.19 bits per heavy atom. The SMILES string of the molecule is CCN1CCOC(CN2CCCCC2CNCCOC)C1. The Morgan fingerprint density at radius 1 is 1.29 bits per heavy atom. The van der Waals surface area contributed by atoms with Crippen LogP contribution in [0.25, 0.3) is 0 Å². The van der Waals surface area contributed by atoms with Crippen molar-refractivity contribution in [3.05, 3.63) is 0 Å². The average molecular weight is 299 g/mol. The van der Waals surface area contributed by atoms with E-state index in [1.807, 2.05) is 0 Å². The molecule has 0 saturated carbocycles. The summed E-state index contributed by atoms with van der Waals surface area (Å²) in [6, 6.07) is 0.663. The summed E-state index contributed by atoms with van der Waals surface area (Å²) in [5.74, 6) is 0. The third-order valence-electron chi connectivity index (χ3n) is 4.72. The molecule has 1 N–H and O–H groups in total. The fraction of sp³-hybridized carbons (Fsp3) is 1.00. The molecule has 2 rings (SSSR count). The Hall–Kier alpha value is -0.200. The molecule has 2 aliphatic heterocycles. The van der Waals surface area contributed by atoms with Crippen molar-refractivity contribution in [2.45, 2.75) is 38.3 Å². The fourth-order valence-electron chi connectivity index (χ4n) is 3.41. The molecule has 0 aromatic carbocycles. The van der Waals surface area contributed by atoms with E-state index < -0.39 is 0 Å². The fourth-order valence-corrected chi connectivity index (χ4v) is 3.41. The largest absolute Gasteiger partial charge is 0.383 e. The number of hydrogen-bond acceptors (Lipinski definition) is 5. The third-order valence-corrected chi connectivity index (χ3v) is 4.72. The van der Waals surface area contributed by atoms with Crippen LogP contribution < -0.4 is 5.32 Å². The van der Waals surface area contributed by atoms with E-state index in [9.17, 15) is 0 Å². The highest BCUT2D eigenvalue weighted by Crippen LogP contribution is 2.18. The number of likely N-dealkylation sites (N-methyl/N-ethyl adjacent to an activating group) is 1. The van der Waals surface area contributed by atoms with Gasteiger partial charge in [0.2, 0.25) is 0 Å². The first-order valence-electron chi connectivity index (χ1n) is 8.61. The molecular formula is C16H33N3O2. The van der Waals surface area contributed by atoms with Gasteiger partial charge in [0.15, 0.2) is 0 Å². The van der Waals surface area contributed by atoms with Gasteiger partial charge in [0.05, 0.1) is 19.3 Å². The summed E-state index contributed by atoms with van der Waals surface area (Å²) in [5, 5.41) is 3.53. The van der Waals surface area contributed by atoms with E-state index in [0.29, 0.717) is 12.1 Å². The molecule has 5 nitrogen and oxygen atoms in total. The van der Waals surface area contributed by atoms with E-state index in [0.717, 1.165) is 52.5 Å². The standard InChI is InChI=1S/C16H33N3O2/c1-3-18-9-11-21-16(13-18)14-19-8-5-4-6-15(19)12-17-7-10-20-2/h15-17H,3-14H2,1-2H3. The van der Waals surface area contributed by atoms with Crippen molar-refractivity contribution in [1.29, 1.82) is 0 Å². The second kappa shape index (κ2) is 9.74. The minimum atomic E-state index is 0.387. The molecule has 0 amide bonds. The zero-order valence-corrected chi connectivity index (χ0v) is 13.9. The van der Waals surface area contributed by atoms with Crippen molar-refractivity contribution in [2.75, 3.05) is 66.1 Å². The van der Waals surface area contributed by atoms with Gasteiger partial charge in [-0.15, -0.1) is 0 Å². The molecule has 2 saturated heterocycles. The minimum Gasteiger partial charge on any atom is -0.383 e. The maximum Gasteiger partial charge on any atom is 0.0829 e. The highest BCUT2D eigenvalue weighted by molar-refractivity contribution is 4.83. The third kappa shape index (κ3) is 5.83. The summed E-state index contributed by atoms with van der Waals surface area (Å²) in [6.07, 6.45) is 4.39. The molecule has 0 aromatic rings. The molecule has 5 heteroatoms. The Labute approximate surface area is 129 Å². The first-order valence-corrected chi connectivity index (χ1v) is 8.61. The minimum absolute atomic E-state index is 0.387. The number of hydrogen-bond donors (Lipinski definition) is 1. The Morgan fingerprint density at radius 3 is 3.00 bits per heavy atom. The van der Waals surface area contributed by atoms with Gasteiger partial charge in [-0.3, -0.25) is 9.80 Å². The van der Waals surface area contributed by atoms with Gasteiger partial charge in [0.1, 0.15) is 0 Å². The van der Waals surface area contributed by atoms with Crippen LogP contribution >= 0.6 is 0 Å². The van der Waals surface area contributed by atoms with Crippen LogP contribution in [-0.2, 0) is 9.47 Å². The van der Waals surface area contributed by atoms with Crippen molar-refractivity contribution in [3.8, 4) is 0 Å². The van der Waals surface area contributed by atoms with Gasteiger partial charge < -0.3 is 14.8 Å². The maximum absolute atomic E-state index is 5.98. The van der Waals surface area contributed by atoms with Gasteiger partial charge in [-0.1, -0.05) is 13.3 Å². The predicted molar refractivity (Wildman–Crippen MR) is 85.8 cm³/mol. The summed E-state index contributed by atoms with van der Waals surface area (Å²) in [5.41, 5.74) is 0. The van der Waals surface area contributed by atoms with Gasteiger partial charge >= 0.3 is 0 Å². The molecule has 2 heterocycles. The van der Waals surface area contributed by atoms with Crippen LogP contribution in [-0.4, -0.2) is 88.1 Å². The molecule has 124 valence electrons. The van der Waals surface area contributed by atoms with E-state index in [4.69, 9.17) is 9.47 Å². The molecule has 0 aromatic heterocycles. The number of piperidine rings is 1. The molecular weight excluding hydrogens is 266 g/mol. The number of ether oxygens (including phenoxy) is 2. The van der Waals surface area contributed by atoms with E-state index in [1.165, 1.54) is 25.8 Å². The highest BCUT2D eigenvalue weighted by Gasteiger charge is 2.27. The zero-order valence-electron chi connectivity index (χ0n) is 13.9. The van der Waals surface area contributed by atoms with Crippen molar-refractivity contribution in [1.82, 2.24) is 15.1 Å². The number of rotatable bonds is 8. The van der Waals surface area contributed by atoms with E-state index in [-0.39, 0.29) is 0 Å². The lowest BCUT2D eigenvalue weighted by Crippen LogP contribution is -2.53. The lowest BCUT2D eigenvalue weighted by molar-refractivity contribution is -0.0506. The van der Waals surface area contributed by atoms with Crippen molar-refractivity contribution < 1.29 is 9.47 Å². The summed E-state index contributed by atoms with van der Waals surface area (Å²) in [4.78, 5) is 5.15. The van der Waals surface area contributed by atoms with Gasteiger partial charge in [-0.2, -0.15) is 0 Å². The second-order valence-corrected chi connectivity index (χ2v) is 6.23. The Balaban J connectivity index is 1.75. The van der Waals surface area contributed by atoms with Crippen LogP contribution in [0, 0.1) is 0 Å². The number of likely N-dealkylation sites (tertiary alicyclic amines) is 1. The first kappa shape index (κ1) is 17.2. The molecule has 2 fully saturated rings. The van der Waals surface area contributed by atoms with Crippen molar-refractivity contribution in [3.63, 3.8) is 0 Å². The quantitative estimate of drug-likeness (QED) is 0.671. The van der Waals surface area contributed by atoms with Crippen LogP contribution in [0.5, 0.6) is 0 Å². The molecule has 2 atom stereocenters. The van der Waals surface area contributed by atoms with Crippen LogP contribution in [0.3, 0.4) is 0 Å². The summed E-state index contributed by atoms with van der Waals surface area (Å²) < 4.78 is 11.1. The summed E-state index contributed by atoms with van der Waals surface area (Å²) in [7, 11) is 1.76. The van der Waals surface area contributed by atoms with Crippen LogP contribution in [0.4, 0.5) is 0 Å². The number of nitrogens with zero attached hydrogens (tertiary/aromatic N) is 2. The Bertz CT molecular complexity index is 278. The van der Waals surface area contributed by atoms with Crippen molar-refractivity contribution >= 4 is 0 Å². The second-order valence-electron chi connectivity index (χ2n) is 6.23. The topological polar surface area (TPSA) is 37.0 Å². The lowest BCUT2D eigenvalue weighted by Gasteiger charge is -2.40. The molecule has 21 heavy (non-hydrogen) atoms. The predicted octanol–water partition coefficient (Wildman–Crippen LogP) is 0.798. The maximum atomic E-state index is 5.98. The highest BCUT2D eigenvalue weighted by atomic mass is 16.5. The molecule has 0 spiro atoms. The molecule has 0 bridgehead atoms. The van der Waals surface area contributed by atoms with E-state index >= 15 is 0 Å². The molecule has 2 aliphatic rings.